The van der Waals surface area contributed by atoms with E-state index in [-0.39, 0.29) is 37.6 Å². The van der Waals surface area contributed by atoms with Crippen LogP contribution in [0.1, 0.15) is 45.5 Å². The predicted molar refractivity (Wildman–Crippen MR) is 121 cm³/mol. The number of carbonyl (C=O) groups excluding carboxylic acids is 2. The maximum absolute atomic E-state index is 13.0. The molecule has 1 aliphatic rings. The molecule has 6 nitrogen and oxygen atoms in total. The molecular formula is C24H30N2O4S. The summed E-state index contributed by atoms with van der Waals surface area (Å²) in [6, 6.07) is 10.9. The van der Waals surface area contributed by atoms with E-state index in [1.807, 2.05) is 39.0 Å². The second-order valence-corrected chi connectivity index (χ2v) is 10.2. The van der Waals surface area contributed by atoms with Gasteiger partial charge in [0.05, 0.1) is 4.90 Å². The van der Waals surface area contributed by atoms with Crippen molar-refractivity contribution in [2.45, 2.75) is 45.4 Å². The largest absolute Gasteiger partial charge is 0.340 e. The van der Waals surface area contributed by atoms with Gasteiger partial charge in [0.1, 0.15) is 0 Å². The molecule has 0 aliphatic carbocycles. The Balaban J connectivity index is 1.55. The summed E-state index contributed by atoms with van der Waals surface area (Å²) >= 11 is 0. The number of ketones is 1. The lowest BCUT2D eigenvalue weighted by Crippen LogP contribution is -2.50. The van der Waals surface area contributed by atoms with Crippen LogP contribution in [-0.4, -0.2) is 55.5 Å². The van der Waals surface area contributed by atoms with Gasteiger partial charge in [-0.15, -0.1) is 0 Å². The van der Waals surface area contributed by atoms with E-state index in [1.165, 1.54) is 4.31 Å². The zero-order valence-electron chi connectivity index (χ0n) is 18.6. The molecule has 2 aromatic rings. The smallest absolute Gasteiger partial charge is 0.243 e. The highest BCUT2D eigenvalue weighted by atomic mass is 32.2. The minimum atomic E-state index is -3.59. The lowest BCUT2D eigenvalue weighted by molar-refractivity contribution is -0.132. The van der Waals surface area contributed by atoms with Crippen molar-refractivity contribution in [3.8, 4) is 0 Å². The van der Waals surface area contributed by atoms with E-state index in [0.29, 0.717) is 23.5 Å². The normalized spacial score (nSPS) is 15.2. The Morgan fingerprint density at radius 1 is 0.806 bits per heavy atom. The Labute approximate surface area is 184 Å². The van der Waals surface area contributed by atoms with Gasteiger partial charge in [0.25, 0.3) is 0 Å². The highest BCUT2D eigenvalue weighted by molar-refractivity contribution is 7.89. The molecule has 1 aliphatic heterocycles. The fraction of sp³-hybridized carbons (Fsp3) is 0.417. The summed E-state index contributed by atoms with van der Waals surface area (Å²) in [6.45, 7) is 8.86. The second-order valence-electron chi connectivity index (χ2n) is 8.28. The lowest BCUT2D eigenvalue weighted by atomic mass is 10.0. The van der Waals surface area contributed by atoms with E-state index < -0.39 is 10.0 Å². The van der Waals surface area contributed by atoms with Crippen molar-refractivity contribution in [2.75, 3.05) is 26.2 Å². The number of aryl methyl sites for hydroxylation is 4. The topological polar surface area (TPSA) is 74.8 Å². The fourth-order valence-electron chi connectivity index (χ4n) is 3.84. The van der Waals surface area contributed by atoms with Gasteiger partial charge in [-0.2, -0.15) is 4.31 Å². The van der Waals surface area contributed by atoms with Crippen LogP contribution in [0.5, 0.6) is 0 Å². The number of hydrogen-bond acceptors (Lipinski definition) is 4. The number of benzene rings is 2. The monoisotopic (exact) mass is 442 g/mol. The van der Waals surface area contributed by atoms with Crippen molar-refractivity contribution in [1.29, 1.82) is 0 Å². The SMILES string of the molecule is Cc1ccc(S(=O)(=O)N2CCN(C(=O)CCC(=O)c3ccc(C)c(C)c3)CC2)c(C)c1. The Kier molecular flexibility index (Phi) is 6.96. The van der Waals surface area contributed by atoms with Crippen LogP contribution in [0.3, 0.4) is 0 Å². The van der Waals surface area contributed by atoms with Gasteiger partial charge in [-0.25, -0.2) is 8.42 Å². The average molecular weight is 443 g/mol. The number of nitrogens with zero attached hydrogens (tertiary/aromatic N) is 2. The van der Waals surface area contributed by atoms with Crippen LogP contribution in [-0.2, 0) is 14.8 Å². The molecule has 2 aromatic carbocycles. The predicted octanol–water partition coefficient (Wildman–Crippen LogP) is 3.42. The molecular weight excluding hydrogens is 412 g/mol. The summed E-state index contributed by atoms with van der Waals surface area (Å²) in [5, 5.41) is 0. The quantitative estimate of drug-likeness (QED) is 0.643. The molecule has 31 heavy (non-hydrogen) atoms. The molecule has 0 atom stereocenters. The maximum atomic E-state index is 13.0. The third kappa shape index (κ3) is 5.22. The number of Topliss-reactive ketones (excluding diaryl/α,β-unsaturated/α-hetero) is 1. The third-order valence-corrected chi connectivity index (χ3v) is 7.99. The first-order chi connectivity index (χ1) is 14.6. The van der Waals surface area contributed by atoms with Crippen LogP contribution < -0.4 is 0 Å². The molecule has 1 amide bonds. The van der Waals surface area contributed by atoms with Crippen molar-refractivity contribution >= 4 is 21.7 Å². The Hall–Kier alpha value is -2.51. The first-order valence-electron chi connectivity index (χ1n) is 10.5. The van der Waals surface area contributed by atoms with Crippen LogP contribution >= 0.6 is 0 Å². The minimum Gasteiger partial charge on any atom is -0.340 e. The maximum Gasteiger partial charge on any atom is 0.243 e. The van der Waals surface area contributed by atoms with Crippen LogP contribution in [0.2, 0.25) is 0 Å². The van der Waals surface area contributed by atoms with Crippen molar-refractivity contribution in [3.63, 3.8) is 0 Å². The van der Waals surface area contributed by atoms with Gasteiger partial charge in [0.2, 0.25) is 15.9 Å². The molecule has 1 fully saturated rings. The first kappa shape index (κ1) is 23.2. The lowest BCUT2D eigenvalue weighted by Gasteiger charge is -2.34. The zero-order chi connectivity index (χ0) is 22.8. The Morgan fingerprint density at radius 2 is 1.48 bits per heavy atom. The van der Waals surface area contributed by atoms with Crippen molar-refractivity contribution in [3.05, 3.63) is 64.2 Å². The van der Waals surface area contributed by atoms with Gasteiger partial charge in [0, 0.05) is 44.6 Å². The van der Waals surface area contributed by atoms with E-state index in [2.05, 4.69) is 0 Å². The number of sulfonamides is 1. The molecule has 0 spiro atoms. The number of carbonyl (C=O) groups is 2. The molecule has 7 heteroatoms. The molecule has 3 rings (SSSR count). The molecule has 1 saturated heterocycles. The zero-order valence-corrected chi connectivity index (χ0v) is 19.5. The molecule has 166 valence electrons. The molecule has 0 N–H and O–H groups in total. The summed E-state index contributed by atoms with van der Waals surface area (Å²) in [5.74, 6) is -0.159. The average Bonchev–Trinajstić information content (AvgIpc) is 2.73. The van der Waals surface area contributed by atoms with Gasteiger partial charge in [0.15, 0.2) is 5.78 Å². The number of hydrogen-bond donors (Lipinski definition) is 0. The first-order valence-corrected chi connectivity index (χ1v) is 12.0. The highest BCUT2D eigenvalue weighted by Crippen LogP contribution is 2.22. The van der Waals surface area contributed by atoms with Crippen molar-refractivity contribution in [2.24, 2.45) is 0 Å². The molecule has 0 bridgehead atoms. The van der Waals surface area contributed by atoms with Gasteiger partial charge in [-0.3, -0.25) is 9.59 Å². The van der Waals surface area contributed by atoms with Crippen LogP contribution in [0.15, 0.2) is 41.3 Å². The summed E-state index contributed by atoms with van der Waals surface area (Å²) in [7, 11) is -3.59. The summed E-state index contributed by atoms with van der Waals surface area (Å²) in [5.41, 5.74) is 4.55. The Bertz CT molecular complexity index is 1100. The fourth-order valence-corrected chi connectivity index (χ4v) is 5.47. The van der Waals surface area contributed by atoms with E-state index in [0.717, 1.165) is 22.3 Å². The van der Waals surface area contributed by atoms with E-state index >= 15 is 0 Å². The summed E-state index contributed by atoms with van der Waals surface area (Å²) < 4.78 is 27.4. The summed E-state index contributed by atoms with van der Waals surface area (Å²) in [4.78, 5) is 27.0. The van der Waals surface area contributed by atoms with E-state index in [4.69, 9.17) is 0 Å². The number of amides is 1. The molecule has 0 aromatic heterocycles. The minimum absolute atomic E-state index is 0.0486. The van der Waals surface area contributed by atoms with Crippen LogP contribution in [0.25, 0.3) is 0 Å². The number of rotatable bonds is 6. The van der Waals surface area contributed by atoms with E-state index in [1.54, 1.807) is 30.0 Å². The molecule has 0 radical (unpaired) electrons. The van der Waals surface area contributed by atoms with Gasteiger partial charge in [-0.1, -0.05) is 29.8 Å². The summed E-state index contributed by atoms with van der Waals surface area (Å²) in [6.07, 6.45) is 0.290. The van der Waals surface area contributed by atoms with Gasteiger partial charge in [-0.05, 0) is 56.5 Å². The standard InChI is InChI=1S/C24H30N2O4S/c1-17-5-9-23(20(4)15-17)31(29,30)26-13-11-25(12-14-26)24(28)10-8-22(27)21-7-6-18(2)19(3)16-21/h5-7,9,15-16H,8,10-14H2,1-4H3. The molecule has 1 heterocycles. The van der Waals surface area contributed by atoms with Crippen LogP contribution in [0, 0.1) is 27.7 Å². The van der Waals surface area contributed by atoms with E-state index in [9.17, 15) is 18.0 Å². The highest BCUT2D eigenvalue weighted by Gasteiger charge is 2.31. The van der Waals surface area contributed by atoms with Crippen LogP contribution in [0.4, 0.5) is 0 Å². The second kappa shape index (κ2) is 9.32. The van der Waals surface area contributed by atoms with Gasteiger partial charge < -0.3 is 4.90 Å². The molecule has 0 unspecified atom stereocenters. The number of piperazine rings is 1. The Morgan fingerprint density at radius 3 is 2.10 bits per heavy atom. The van der Waals surface area contributed by atoms with Crippen molar-refractivity contribution < 1.29 is 18.0 Å². The molecule has 0 saturated carbocycles. The third-order valence-electron chi connectivity index (χ3n) is 5.93. The van der Waals surface area contributed by atoms with Gasteiger partial charge >= 0.3 is 0 Å². The van der Waals surface area contributed by atoms with Crippen molar-refractivity contribution in [1.82, 2.24) is 9.21 Å².